The lowest BCUT2D eigenvalue weighted by molar-refractivity contribution is -0.174. The molecule has 0 bridgehead atoms. The van der Waals surface area contributed by atoms with Crippen molar-refractivity contribution in [2.75, 3.05) is 13.2 Å². The van der Waals surface area contributed by atoms with Gasteiger partial charge in [0.15, 0.2) is 0 Å². The first-order valence-electron chi connectivity index (χ1n) is 4.64. The summed E-state index contributed by atoms with van der Waals surface area (Å²) in [4.78, 5) is 0. The zero-order chi connectivity index (χ0) is 13.1. The molecule has 17 heavy (non-hydrogen) atoms. The van der Waals surface area contributed by atoms with Gasteiger partial charge in [0.2, 0.25) is 0 Å². The minimum atomic E-state index is -4.37. The third-order valence-electron chi connectivity index (χ3n) is 1.93. The highest BCUT2D eigenvalue weighted by Gasteiger charge is 2.27. The van der Waals surface area contributed by atoms with Gasteiger partial charge in [0.1, 0.15) is 12.4 Å². The molecule has 0 heterocycles. The summed E-state index contributed by atoms with van der Waals surface area (Å²) < 4.78 is 52.9. The molecule has 1 atom stereocenters. The van der Waals surface area contributed by atoms with E-state index in [2.05, 4.69) is 20.7 Å². The van der Waals surface area contributed by atoms with E-state index in [1.165, 1.54) is 18.2 Å². The topological polar surface area (TPSA) is 35.2 Å². The van der Waals surface area contributed by atoms with Crippen LogP contribution in [0.25, 0.3) is 0 Å². The van der Waals surface area contributed by atoms with E-state index in [9.17, 15) is 17.6 Å². The van der Waals surface area contributed by atoms with Crippen LogP contribution in [0.1, 0.15) is 11.6 Å². The van der Waals surface area contributed by atoms with E-state index < -0.39 is 24.6 Å². The van der Waals surface area contributed by atoms with Gasteiger partial charge in [0.25, 0.3) is 0 Å². The average Bonchev–Trinajstić information content (AvgIpc) is 2.20. The third kappa shape index (κ3) is 5.01. The molecule has 7 heteroatoms. The first kappa shape index (κ1) is 14.4. The van der Waals surface area contributed by atoms with Gasteiger partial charge in [0.05, 0.1) is 17.1 Å². The van der Waals surface area contributed by atoms with Gasteiger partial charge in [-0.3, -0.25) is 0 Å². The van der Waals surface area contributed by atoms with E-state index in [-0.39, 0.29) is 11.1 Å². The molecule has 96 valence electrons. The predicted molar refractivity (Wildman–Crippen MR) is 57.9 cm³/mol. The molecule has 1 rings (SSSR count). The lowest BCUT2D eigenvalue weighted by Crippen LogP contribution is -2.23. The maximum atomic E-state index is 12.9. The SMILES string of the molecule is NC(COCC(F)(F)F)c1ccc(F)c(Br)c1. The van der Waals surface area contributed by atoms with Crippen molar-refractivity contribution in [3.63, 3.8) is 0 Å². The Morgan fingerprint density at radius 2 is 2.00 bits per heavy atom. The van der Waals surface area contributed by atoms with Crippen molar-refractivity contribution >= 4 is 15.9 Å². The molecule has 0 aliphatic heterocycles. The number of nitrogens with two attached hydrogens (primary N) is 1. The highest BCUT2D eigenvalue weighted by molar-refractivity contribution is 9.10. The maximum absolute atomic E-state index is 12.9. The molecule has 0 saturated heterocycles. The Bertz CT molecular complexity index is 383. The molecule has 1 unspecified atom stereocenters. The van der Waals surface area contributed by atoms with Gasteiger partial charge in [0, 0.05) is 0 Å². The van der Waals surface area contributed by atoms with Crippen LogP contribution >= 0.6 is 15.9 Å². The molecule has 2 nitrogen and oxygen atoms in total. The van der Waals surface area contributed by atoms with Crippen LogP contribution in [-0.4, -0.2) is 19.4 Å². The zero-order valence-electron chi connectivity index (χ0n) is 8.60. The molecule has 1 aromatic carbocycles. The van der Waals surface area contributed by atoms with E-state index in [0.717, 1.165) is 0 Å². The Hall–Kier alpha value is -0.660. The van der Waals surface area contributed by atoms with Crippen molar-refractivity contribution in [3.05, 3.63) is 34.1 Å². The van der Waals surface area contributed by atoms with Crippen molar-refractivity contribution in [1.82, 2.24) is 0 Å². The monoisotopic (exact) mass is 315 g/mol. The normalized spacial score (nSPS) is 13.8. The summed E-state index contributed by atoms with van der Waals surface area (Å²) in [5.74, 6) is -0.461. The van der Waals surface area contributed by atoms with Crippen molar-refractivity contribution < 1.29 is 22.3 Å². The second kappa shape index (κ2) is 5.79. The van der Waals surface area contributed by atoms with Gasteiger partial charge in [-0.2, -0.15) is 13.2 Å². The predicted octanol–water partition coefficient (Wildman–Crippen LogP) is 3.17. The maximum Gasteiger partial charge on any atom is 0.411 e. The molecule has 0 fully saturated rings. The molecule has 0 aromatic heterocycles. The highest BCUT2D eigenvalue weighted by atomic mass is 79.9. The minimum Gasteiger partial charge on any atom is -0.370 e. The van der Waals surface area contributed by atoms with Gasteiger partial charge < -0.3 is 10.5 Å². The van der Waals surface area contributed by atoms with Crippen molar-refractivity contribution in [2.45, 2.75) is 12.2 Å². The van der Waals surface area contributed by atoms with Gasteiger partial charge in [-0.1, -0.05) is 6.07 Å². The number of benzene rings is 1. The Morgan fingerprint density at radius 1 is 1.35 bits per heavy atom. The number of halogens is 5. The summed E-state index contributed by atoms with van der Waals surface area (Å²) in [6, 6.07) is 3.27. The molecular formula is C10H10BrF4NO. The van der Waals surface area contributed by atoms with E-state index in [0.29, 0.717) is 5.56 Å². The van der Waals surface area contributed by atoms with Crippen molar-refractivity contribution in [1.29, 1.82) is 0 Å². The number of hydrogen-bond donors (Lipinski definition) is 1. The van der Waals surface area contributed by atoms with Gasteiger partial charge in [-0.05, 0) is 33.6 Å². The van der Waals surface area contributed by atoms with Gasteiger partial charge in [-0.25, -0.2) is 4.39 Å². The van der Waals surface area contributed by atoms with Crippen molar-refractivity contribution in [2.24, 2.45) is 5.73 Å². The lowest BCUT2D eigenvalue weighted by Gasteiger charge is -2.14. The molecule has 0 aliphatic carbocycles. The molecule has 0 saturated carbocycles. The highest BCUT2D eigenvalue weighted by Crippen LogP contribution is 2.21. The van der Waals surface area contributed by atoms with Gasteiger partial charge >= 0.3 is 6.18 Å². The van der Waals surface area contributed by atoms with Crippen LogP contribution in [0.15, 0.2) is 22.7 Å². The molecule has 2 N–H and O–H groups in total. The van der Waals surface area contributed by atoms with E-state index in [4.69, 9.17) is 5.73 Å². The van der Waals surface area contributed by atoms with Crippen LogP contribution in [0.3, 0.4) is 0 Å². The molecule has 1 aromatic rings. The van der Waals surface area contributed by atoms with Crippen molar-refractivity contribution in [3.8, 4) is 0 Å². The van der Waals surface area contributed by atoms with E-state index in [1.54, 1.807) is 0 Å². The second-order valence-corrected chi connectivity index (χ2v) is 4.26. The van der Waals surface area contributed by atoms with E-state index in [1.807, 2.05) is 0 Å². The van der Waals surface area contributed by atoms with E-state index >= 15 is 0 Å². The van der Waals surface area contributed by atoms with Crippen LogP contribution in [0.4, 0.5) is 17.6 Å². The summed E-state index contributed by atoms with van der Waals surface area (Å²) in [6.07, 6.45) is -4.37. The second-order valence-electron chi connectivity index (χ2n) is 3.41. The minimum absolute atomic E-state index is 0.210. The van der Waals surface area contributed by atoms with Crippen LogP contribution in [0, 0.1) is 5.82 Å². The zero-order valence-corrected chi connectivity index (χ0v) is 10.2. The fourth-order valence-electron chi connectivity index (χ4n) is 1.14. The standard InChI is InChI=1S/C10H10BrF4NO/c11-7-3-6(1-2-8(7)12)9(16)4-17-5-10(13,14)15/h1-3,9H,4-5,16H2. The fourth-order valence-corrected chi connectivity index (χ4v) is 1.54. The summed E-state index contributed by atoms with van der Waals surface area (Å²) in [6.45, 7) is -1.62. The number of ether oxygens (including phenoxy) is 1. The average molecular weight is 316 g/mol. The Balaban J connectivity index is 2.52. The van der Waals surface area contributed by atoms with Gasteiger partial charge in [-0.15, -0.1) is 0 Å². The number of alkyl halides is 3. The number of hydrogen-bond acceptors (Lipinski definition) is 2. The summed E-state index contributed by atoms with van der Waals surface area (Å²) in [7, 11) is 0. The summed E-state index contributed by atoms with van der Waals surface area (Å²) in [5, 5.41) is 0. The molecule has 0 aliphatic rings. The van der Waals surface area contributed by atoms with Crippen LogP contribution < -0.4 is 5.73 Å². The van der Waals surface area contributed by atoms with Crippen LogP contribution in [-0.2, 0) is 4.74 Å². The fraction of sp³-hybridized carbons (Fsp3) is 0.400. The number of rotatable bonds is 4. The van der Waals surface area contributed by atoms with Crippen LogP contribution in [0.5, 0.6) is 0 Å². The molecule has 0 spiro atoms. The summed E-state index contributed by atoms with van der Waals surface area (Å²) >= 11 is 2.96. The lowest BCUT2D eigenvalue weighted by atomic mass is 10.1. The Morgan fingerprint density at radius 3 is 2.53 bits per heavy atom. The molecular weight excluding hydrogens is 306 g/mol. The first-order chi connectivity index (χ1) is 7.79. The Kier molecular flexibility index (Phi) is 4.91. The third-order valence-corrected chi connectivity index (χ3v) is 2.54. The molecule has 0 amide bonds. The summed E-state index contributed by atoms with van der Waals surface area (Å²) in [5.41, 5.74) is 6.11. The first-order valence-corrected chi connectivity index (χ1v) is 5.44. The smallest absolute Gasteiger partial charge is 0.370 e. The quantitative estimate of drug-likeness (QED) is 0.866. The Labute approximate surface area is 104 Å². The van der Waals surface area contributed by atoms with Crippen LogP contribution in [0.2, 0.25) is 0 Å². The largest absolute Gasteiger partial charge is 0.411 e. The molecule has 0 radical (unpaired) electrons.